The molecule has 3 aromatic rings. The Hall–Kier alpha value is -3.06. The molecule has 3 rings (SSSR count). The number of halogens is 4. The van der Waals surface area contributed by atoms with Crippen molar-refractivity contribution in [3.8, 4) is 11.1 Å². The Morgan fingerprint density at radius 2 is 1.78 bits per heavy atom. The number of carbonyl (C=O) groups excluding carboxylic acids is 1. The van der Waals surface area contributed by atoms with Crippen molar-refractivity contribution in [3.05, 3.63) is 88.3 Å². The quantitative estimate of drug-likeness (QED) is 0.508. The highest BCUT2D eigenvalue weighted by atomic mass is 35.5. The molecule has 1 heterocycles. The molecule has 1 N–H and O–H groups in total. The molecule has 0 atom stereocenters. The van der Waals surface area contributed by atoms with E-state index < -0.39 is 17.6 Å². The van der Waals surface area contributed by atoms with Gasteiger partial charge in [0.2, 0.25) is 0 Å². The molecule has 0 saturated heterocycles. The lowest BCUT2D eigenvalue weighted by atomic mass is 10.0. The van der Waals surface area contributed by atoms with E-state index in [-0.39, 0.29) is 16.4 Å². The molecule has 0 fully saturated rings. The number of hydrogen-bond donors (Lipinski definition) is 1. The number of rotatable bonds is 3. The van der Waals surface area contributed by atoms with Gasteiger partial charge in [0.05, 0.1) is 5.56 Å². The lowest BCUT2D eigenvalue weighted by molar-refractivity contribution is -0.607. The van der Waals surface area contributed by atoms with Crippen molar-refractivity contribution >= 4 is 23.2 Å². The number of nitrogens with one attached hydrogen (secondary N) is 1. The van der Waals surface area contributed by atoms with Crippen LogP contribution in [-0.2, 0) is 6.18 Å². The van der Waals surface area contributed by atoms with Crippen LogP contribution in [-0.4, -0.2) is 5.91 Å². The number of anilines is 1. The van der Waals surface area contributed by atoms with Crippen molar-refractivity contribution in [1.82, 2.24) is 0 Å². The van der Waals surface area contributed by atoms with E-state index in [0.29, 0.717) is 15.9 Å². The van der Waals surface area contributed by atoms with Crippen LogP contribution in [0.3, 0.4) is 0 Å². The first-order valence-corrected chi connectivity index (χ1v) is 8.09. The lowest BCUT2D eigenvalue weighted by Crippen LogP contribution is -2.36. The van der Waals surface area contributed by atoms with Crippen LogP contribution < -0.4 is 10.0 Å². The van der Waals surface area contributed by atoms with Crippen molar-refractivity contribution in [2.24, 2.45) is 0 Å². The summed E-state index contributed by atoms with van der Waals surface area (Å²) in [6.45, 7) is 0. The Labute approximate surface area is 157 Å². The Bertz CT molecular complexity index is 1010. The Morgan fingerprint density at radius 3 is 2.48 bits per heavy atom. The third kappa shape index (κ3) is 4.38. The van der Waals surface area contributed by atoms with E-state index in [1.165, 1.54) is 54.7 Å². The van der Waals surface area contributed by atoms with Gasteiger partial charge in [0.1, 0.15) is 0 Å². The van der Waals surface area contributed by atoms with Crippen molar-refractivity contribution < 1.29 is 22.7 Å². The maximum absolute atomic E-state index is 12.9. The second-order valence-corrected chi connectivity index (χ2v) is 6.11. The van der Waals surface area contributed by atoms with E-state index in [2.05, 4.69) is 5.32 Å². The van der Waals surface area contributed by atoms with Crippen LogP contribution in [0.4, 0.5) is 18.9 Å². The second kappa shape index (κ2) is 7.28. The molecule has 0 bridgehead atoms. The molecule has 1 amide bonds. The average molecular weight is 393 g/mol. The molecule has 0 aliphatic rings. The first-order valence-electron chi connectivity index (χ1n) is 7.72. The van der Waals surface area contributed by atoms with Gasteiger partial charge in [-0.25, -0.2) is 0 Å². The fourth-order valence-corrected chi connectivity index (χ4v) is 2.74. The van der Waals surface area contributed by atoms with Crippen LogP contribution in [0, 0.1) is 5.21 Å². The number of pyridine rings is 1. The lowest BCUT2D eigenvalue weighted by Gasteiger charge is -2.11. The normalized spacial score (nSPS) is 11.3. The van der Waals surface area contributed by atoms with Crippen molar-refractivity contribution in [2.75, 3.05) is 5.32 Å². The Balaban J connectivity index is 1.94. The number of hydrogen-bond acceptors (Lipinski definition) is 2. The molecule has 0 saturated carbocycles. The average Bonchev–Trinajstić information content (AvgIpc) is 2.61. The highest BCUT2D eigenvalue weighted by Gasteiger charge is 2.30. The molecule has 8 heteroatoms. The summed E-state index contributed by atoms with van der Waals surface area (Å²) in [6.07, 6.45) is -3.29. The molecular weight excluding hydrogens is 381 g/mol. The van der Waals surface area contributed by atoms with Crippen LogP contribution in [0.5, 0.6) is 0 Å². The molecule has 0 aliphatic heterocycles. The maximum Gasteiger partial charge on any atom is 0.416 e. The van der Waals surface area contributed by atoms with Gasteiger partial charge >= 0.3 is 12.1 Å². The van der Waals surface area contributed by atoms with E-state index in [1.807, 2.05) is 0 Å². The molecular formula is C19H12ClF3N2O2. The predicted molar refractivity (Wildman–Crippen MR) is 95.2 cm³/mol. The van der Waals surface area contributed by atoms with Crippen LogP contribution in [0.1, 0.15) is 16.1 Å². The third-order valence-electron chi connectivity index (χ3n) is 3.74. The fourth-order valence-electron chi connectivity index (χ4n) is 2.50. The number of nitrogens with zero attached hydrogens (tertiary/aromatic N) is 1. The van der Waals surface area contributed by atoms with Gasteiger partial charge in [-0.2, -0.15) is 17.9 Å². The number of benzene rings is 2. The smallest absolute Gasteiger partial charge is 0.416 e. The summed E-state index contributed by atoms with van der Waals surface area (Å²) < 4.78 is 39.2. The first kappa shape index (κ1) is 18.7. The van der Waals surface area contributed by atoms with E-state index in [0.717, 1.165) is 12.1 Å². The fraction of sp³-hybridized carbons (Fsp3) is 0.0526. The summed E-state index contributed by atoms with van der Waals surface area (Å²) in [5.74, 6) is -0.664. The van der Waals surface area contributed by atoms with E-state index in [1.54, 1.807) is 0 Å². The summed E-state index contributed by atoms with van der Waals surface area (Å²) in [5, 5.41) is 14.4. The van der Waals surface area contributed by atoms with Crippen molar-refractivity contribution in [3.63, 3.8) is 0 Å². The summed E-state index contributed by atoms with van der Waals surface area (Å²) >= 11 is 6.05. The highest BCUT2D eigenvalue weighted by Crippen LogP contribution is 2.33. The van der Waals surface area contributed by atoms with Crippen LogP contribution in [0.2, 0.25) is 5.02 Å². The van der Waals surface area contributed by atoms with Gasteiger partial charge in [-0.05, 0) is 47.5 Å². The molecule has 0 radical (unpaired) electrons. The minimum absolute atomic E-state index is 0.127. The third-order valence-corrected chi connectivity index (χ3v) is 3.95. The van der Waals surface area contributed by atoms with Crippen molar-refractivity contribution in [1.29, 1.82) is 0 Å². The molecule has 2 aromatic carbocycles. The largest absolute Gasteiger partial charge is 0.618 e. The Kier molecular flexibility index (Phi) is 5.05. The number of aromatic nitrogens is 1. The predicted octanol–water partition coefficient (Wildman–Crippen LogP) is 4.91. The van der Waals surface area contributed by atoms with Gasteiger partial charge in [-0.3, -0.25) is 4.79 Å². The van der Waals surface area contributed by atoms with E-state index in [4.69, 9.17) is 11.6 Å². The monoisotopic (exact) mass is 392 g/mol. The maximum atomic E-state index is 12.9. The van der Waals surface area contributed by atoms with Crippen LogP contribution in [0.25, 0.3) is 11.1 Å². The standard InChI is InChI=1S/C19H12ClF3N2O2/c20-15-9-13(12-4-3-5-14(8-12)19(21,22)23)10-16(11-15)24-18(26)17-6-1-2-7-25(17)27/h1-11H,(H,24,26). The zero-order valence-electron chi connectivity index (χ0n) is 13.6. The topological polar surface area (TPSA) is 56.0 Å². The molecule has 0 spiro atoms. The number of alkyl halides is 3. The summed E-state index contributed by atoms with van der Waals surface area (Å²) in [6, 6.07) is 13.6. The number of amides is 1. The van der Waals surface area contributed by atoms with Gasteiger partial charge in [0.25, 0.3) is 5.69 Å². The zero-order chi connectivity index (χ0) is 19.6. The molecule has 0 aliphatic carbocycles. The molecule has 0 unspecified atom stereocenters. The summed E-state index contributed by atoms with van der Waals surface area (Å²) in [7, 11) is 0. The van der Waals surface area contributed by atoms with E-state index in [9.17, 15) is 23.2 Å². The van der Waals surface area contributed by atoms with Crippen LogP contribution >= 0.6 is 11.6 Å². The molecule has 4 nitrogen and oxygen atoms in total. The van der Waals surface area contributed by atoms with Crippen LogP contribution in [0.15, 0.2) is 66.9 Å². The van der Waals surface area contributed by atoms with Gasteiger partial charge < -0.3 is 10.5 Å². The molecule has 138 valence electrons. The zero-order valence-corrected chi connectivity index (χ0v) is 14.4. The summed E-state index contributed by atoms with van der Waals surface area (Å²) in [4.78, 5) is 12.3. The Morgan fingerprint density at radius 1 is 1.00 bits per heavy atom. The first-order chi connectivity index (χ1) is 12.7. The van der Waals surface area contributed by atoms with Crippen molar-refractivity contribution in [2.45, 2.75) is 6.18 Å². The summed E-state index contributed by atoms with van der Waals surface area (Å²) in [5.41, 5.74) is 0.0255. The minimum atomic E-state index is -4.47. The van der Waals surface area contributed by atoms with Gasteiger partial charge in [-0.15, -0.1) is 0 Å². The number of carbonyl (C=O) groups is 1. The van der Waals surface area contributed by atoms with Gasteiger partial charge in [0, 0.05) is 22.8 Å². The highest BCUT2D eigenvalue weighted by molar-refractivity contribution is 6.31. The van der Waals surface area contributed by atoms with Gasteiger partial charge in [-0.1, -0.05) is 23.7 Å². The van der Waals surface area contributed by atoms with E-state index >= 15 is 0 Å². The SMILES string of the molecule is O=C(Nc1cc(Cl)cc(-c2cccc(C(F)(F)F)c2)c1)c1cccc[n+]1[O-]. The van der Waals surface area contributed by atoms with Gasteiger partial charge in [0.15, 0.2) is 6.20 Å². The minimum Gasteiger partial charge on any atom is -0.618 e. The molecule has 27 heavy (non-hydrogen) atoms. The molecule has 1 aromatic heterocycles. The second-order valence-electron chi connectivity index (χ2n) is 5.67.